The van der Waals surface area contributed by atoms with Gasteiger partial charge in [0.15, 0.2) is 0 Å². The molecule has 0 aliphatic carbocycles. The highest BCUT2D eigenvalue weighted by molar-refractivity contribution is 5.96. The van der Waals surface area contributed by atoms with Gasteiger partial charge >= 0.3 is 6.09 Å². The number of piperidine rings is 2. The minimum atomic E-state index is -0.519. The molecule has 3 aliphatic rings. The molecule has 3 aliphatic heterocycles. The lowest BCUT2D eigenvalue weighted by Crippen LogP contribution is -2.63. The quantitative estimate of drug-likeness (QED) is 0.342. The molecule has 0 bridgehead atoms. The van der Waals surface area contributed by atoms with Crippen molar-refractivity contribution in [2.75, 3.05) is 52.1 Å². The lowest BCUT2D eigenvalue weighted by molar-refractivity contribution is -0.0259. The van der Waals surface area contributed by atoms with Crippen LogP contribution in [0.4, 0.5) is 15.0 Å². The second kappa shape index (κ2) is 14.7. The number of nitriles is 1. The SMILES string of the molecule is COc1ccc(F)cc1C(=O)NCc1ccc(-c2nn(C3CCN(C4CCN(C5CN(C(=O)OC(C)(C)C)C5)CC4)CC3)c(N)c2C#N)cc1. The molecular formula is C37H47FN8O4. The van der Waals surface area contributed by atoms with Crippen molar-refractivity contribution in [1.29, 1.82) is 5.26 Å². The molecular weight excluding hydrogens is 639 g/mol. The average molecular weight is 687 g/mol. The number of aromatic nitrogens is 2. The number of likely N-dealkylation sites (tertiary alicyclic amines) is 3. The standard InChI is InChI=1S/C37H47FN8O4/c1-37(2,3)50-36(48)45-22-29(23-45)44-15-11-27(12-16-44)43-17-13-28(14-18-43)46-34(40)31(20-39)33(42-46)25-7-5-24(6-8-25)21-41-35(47)30-19-26(38)9-10-32(30)49-4/h5-10,19,27-29H,11-18,21-23,40H2,1-4H3,(H,41,47). The number of nitrogens with zero attached hydrogens (tertiary/aromatic N) is 6. The van der Waals surface area contributed by atoms with E-state index in [1.54, 1.807) is 4.90 Å². The van der Waals surface area contributed by atoms with Gasteiger partial charge in [-0.25, -0.2) is 13.9 Å². The zero-order valence-electron chi connectivity index (χ0n) is 29.3. The van der Waals surface area contributed by atoms with E-state index in [1.807, 2.05) is 49.7 Å². The molecule has 0 saturated carbocycles. The highest BCUT2D eigenvalue weighted by Crippen LogP contribution is 2.34. The first-order chi connectivity index (χ1) is 23.9. The summed E-state index contributed by atoms with van der Waals surface area (Å²) in [5, 5.41) is 17.7. The summed E-state index contributed by atoms with van der Waals surface area (Å²) < 4.78 is 26.3. The van der Waals surface area contributed by atoms with Gasteiger partial charge in [-0.3, -0.25) is 9.69 Å². The number of carbonyl (C=O) groups excluding carboxylic acids is 2. The first kappa shape index (κ1) is 35.2. The van der Waals surface area contributed by atoms with Crippen LogP contribution in [0.2, 0.25) is 0 Å². The fourth-order valence-corrected chi connectivity index (χ4v) is 7.23. The van der Waals surface area contributed by atoms with Crippen molar-refractivity contribution < 1.29 is 23.5 Å². The first-order valence-electron chi connectivity index (χ1n) is 17.4. The molecule has 2 aromatic carbocycles. The van der Waals surface area contributed by atoms with Crippen LogP contribution in [-0.2, 0) is 11.3 Å². The van der Waals surface area contributed by atoms with Crippen LogP contribution in [0.1, 0.15) is 74.0 Å². The molecule has 266 valence electrons. The van der Waals surface area contributed by atoms with E-state index < -0.39 is 17.3 Å². The molecule has 3 aromatic rings. The van der Waals surface area contributed by atoms with Crippen LogP contribution >= 0.6 is 0 Å². The number of halogens is 1. The Balaban J connectivity index is 0.999. The number of anilines is 1. The van der Waals surface area contributed by atoms with E-state index in [2.05, 4.69) is 21.2 Å². The largest absolute Gasteiger partial charge is 0.496 e. The number of rotatable bonds is 8. The molecule has 0 atom stereocenters. The maximum atomic E-state index is 13.7. The number of methoxy groups -OCH3 is 1. The third-order valence-corrected chi connectivity index (χ3v) is 10.0. The summed E-state index contributed by atoms with van der Waals surface area (Å²) in [7, 11) is 1.43. The average Bonchev–Trinajstić information content (AvgIpc) is 3.42. The Hall–Kier alpha value is -4.67. The highest BCUT2D eigenvalue weighted by Gasteiger charge is 2.39. The molecule has 3 saturated heterocycles. The van der Waals surface area contributed by atoms with Crippen molar-refractivity contribution >= 4 is 17.8 Å². The van der Waals surface area contributed by atoms with Crippen molar-refractivity contribution in [3.05, 3.63) is 65.0 Å². The van der Waals surface area contributed by atoms with Crippen molar-refractivity contribution in [3.8, 4) is 23.1 Å². The Morgan fingerprint density at radius 3 is 2.20 bits per heavy atom. The summed E-state index contributed by atoms with van der Waals surface area (Å²) in [6.45, 7) is 11.3. The Kier molecular flexibility index (Phi) is 10.3. The summed E-state index contributed by atoms with van der Waals surface area (Å²) in [5.41, 5.74) is 8.67. The van der Waals surface area contributed by atoms with Crippen LogP contribution < -0.4 is 15.8 Å². The van der Waals surface area contributed by atoms with Gasteiger partial charge in [-0.05, 0) is 70.2 Å². The summed E-state index contributed by atoms with van der Waals surface area (Å²) in [6.07, 6.45) is 3.80. The second-order valence-electron chi connectivity index (χ2n) is 14.5. The van der Waals surface area contributed by atoms with Crippen molar-refractivity contribution in [2.45, 2.75) is 76.7 Å². The Morgan fingerprint density at radius 2 is 1.60 bits per heavy atom. The number of hydrogen-bond donors (Lipinski definition) is 2. The van der Waals surface area contributed by atoms with Crippen LogP contribution in [0.3, 0.4) is 0 Å². The molecule has 0 radical (unpaired) electrons. The minimum absolute atomic E-state index is 0.107. The number of ether oxygens (including phenoxy) is 2. The molecule has 3 fully saturated rings. The van der Waals surface area contributed by atoms with Gasteiger partial charge in [-0.1, -0.05) is 24.3 Å². The van der Waals surface area contributed by atoms with Gasteiger partial charge in [-0.2, -0.15) is 10.4 Å². The van der Waals surface area contributed by atoms with E-state index in [0.717, 1.165) is 82.1 Å². The molecule has 50 heavy (non-hydrogen) atoms. The summed E-state index contributed by atoms with van der Waals surface area (Å²) in [4.78, 5) is 31.9. The molecule has 6 rings (SSSR count). The molecule has 0 spiro atoms. The number of nitrogens with one attached hydrogen (secondary N) is 1. The Bertz CT molecular complexity index is 1730. The lowest BCUT2D eigenvalue weighted by Gasteiger charge is -2.49. The third-order valence-electron chi connectivity index (χ3n) is 10.0. The monoisotopic (exact) mass is 686 g/mol. The Labute approximate surface area is 292 Å². The van der Waals surface area contributed by atoms with Gasteiger partial charge in [0.05, 0.1) is 18.7 Å². The van der Waals surface area contributed by atoms with E-state index in [9.17, 15) is 19.2 Å². The third kappa shape index (κ3) is 7.71. The number of nitrogen functional groups attached to an aromatic ring is 1. The van der Waals surface area contributed by atoms with Crippen LogP contribution in [0.15, 0.2) is 42.5 Å². The predicted octanol–water partition coefficient (Wildman–Crippen LogP) is 4.80. The molecule has 1 aromatic heterocycles. The smallest absolute Gasteiger partial charge is 0.410 e. The van der Waals surface area contributed by atoms with Crippen LogP contribution in [0.5, 0.6) is 5.75 Å². The van der Waals surface area contributed by atoms with E-state index in [1.165, 1.54) is 19.2 Å². The van der Waals surface area contributed by atoms with Gasteiger partial charge in [0.25, 0.3) is 5.91 Å². The maximum Gasteiger partial charge on any atom is 0.410 e. The number of carbonyl (C=O) groups is 2. The minimum Gasteiger partial charge on any atom is -0.496 e. The van der Waals surface area contributed by atoms with Gasteiger partial charge < -0.3 is 30.3 Å². The molecule has 2 amide bonds. The number of hydrogen-bond acceptors (Lipinski definition) is 9. The summed E-state index contributed by atoms with van der Waals surface area (Å²) >= 11 is 0. The predicted molar refractivity (Wildman–Crippen MR) is 187 cm³/mol. The topological polar surface area (TPSA) is 142 Å². The molecule has 13 heteroatoms. The normalized spacial score (nSPS) is 18.4. The van der Waals surface area contributed by atoms with Crippen molar-refractivity contribution in [2.24, 2.45) is 0 Å². The maximum absolute atomic E-state index is 13.7. The van der Waals surface area contributed by atoms with E-state index in [0.29, 0.717) is 34.9 Å². The molecule has 0 unspecified atom stereocenters. The van der Waals surface area contributed by atoms with Gasteiger partial charge in [0.2, 0.25) is 0 Å². The fourth-order valence-electron chi connectivity index (χ4n) is 7.23. The second-order valence-corrected chi connectivity index (χ2v) is 14.5. The van der Waals surface area contributed by atoms with E-state index in [-0.39, 0.29) is 24.2 Å². The zero-order chi connectivity index (χ0) is 35.6. The van der Waals surface area contributed by atoms with Gasteiger partial charge in [0, 0.05) is 63.5 Å². The Morgan fingerprint density at radius 1 is 0.980 bits per heavy atom. The van der Waals surface area contributed by atoms with Crippen molar-refractivity contribution in [3.63, 3.8) is 0 Å². The molecule has 4 heterocycles. The molecule has 12 nitrogen and oxygen atoms in total. The van der Waals surface area contributed by atoms with Crippen LogP contribution in [-0.4, -0.2) is 101 Å². The highest BCUT2D eigenvalue weighted by atomic mass is 19.1. The summed E-state index contributed by atoms with van der Waals surface area (Å²) in [5.74, 6) is -0.283. The van der Waals surface area contributed by atoms with E-state index in [4.69, 9.17) is 20.3 Å². The van der Waals surface area contributed by atoms with Crippen LogP contribution in [0.25, 0.3) is 11.3 Å². The van der Waals surface area contributed by atoms with Crippen LogP contribution in [0, 0.1) is 17.1 Å². The van der Waals surface area contributed by atoms with Gasteiger partial charge in [0.1, 0.15) is 40.3 Å². The van der Waals surface area contributed by atoms with Gasteiger partial charge in [-0.15, -0.1) is 0 Å². The number of benzene rings is 2. The van der Waals surface area contributed by atoms with E-state index >= 15 is 0 Å². The number of amides is 2. The first-order valence-corrected chi connectivity index (χ1v) is 17.4. The number of nitrogens with two attached hydrogens (primary N) is 1. The molecule has 3 N–H and O–H groups in total. The summed E-state index contributed by atoms with van der Waals surface area (Å²) in [6, 6.07) is 14.6. The van der Waals surface area contributed by atoms with Crippen molar-refractivity contribution in [1.82, 2.24) is 29.8 Å². The lowest BCUT2D eigenvalue weighted by atomic mass is 9.96. The fraction of sp³-hybridized carbons (Fsp3) is 0.514. The zero-order valence-corrected chi connectivity index (χ0v) is 29.3.